The van der Waals surface area contributed by atoms with Gasteiger partial charge >= 0.3 is 0 Å². The second kappa shape index (κ2) is 19.1. The molecule has 2 saturated carbocycles. The first kappa shape index (κ1) is 51.7. The molecule has 77 heavy (non-hydrogen) atoms. The summed E-state index contributed by atoms with van der Waals surface area (Å²) in [6, 6.07) is 19.3. The molecule has 5 fully saturated rings. The minimum atomic E-state index is -4.81. The van der Waals surface area contributed by atoms with E-state index in [1.165, 1.54) is 11.1 Å². The number of aromatic nitrogens is 2. The number of fused-ring (bicyclic) bond motifs is 4. The topological polar surface area (TPSA) is 225 Å². The van der Waals surface area contributed by atoms with Gasteiger partial charge in [0, 0.05) is 67.7 Å². The van der Waals surface area contributed by atoms with Gasteiger partial charge in [0.05, 0.1) is 51.0 Å². The number of hydrogen-bond donors (Lipinski definition) is 5. The van der Waals surface area contributed by atoms with Gasteiger partial charge in [-0.3, -0.25) is 19.8 Å². The van der Waals surface area contributed by atoms with Crippen molar-refractivity contribution >= 4 is 55.4 Å². The number of benzene rings is 3. The first-order valence-electron chi connectivity index (χ1n) is 27.4. The molecular formula is C57H69FN8O10S. The number of alkyl halides is 1. The number of piperidine rings is 2. The number of ether oxygens (including phenoxy) is 3. The summed E-state index contributed by atoms with van der Waals surface area (Å²) in [6.07, 6.45) is 7.91. The maximum atomic E-state index is 16.4. The first-order valence-corrected chi connectivity index (χ1v) is 28.8. The first-order chi connectivity index (χ1) is 36.7. The maximum Gasteiger partial charge on any atom is 0.297 e. The Morgan fingerprint density at radius 1 is 0.935 bits per heavy atom. The molecule has 3 aromatic carbocycles. The fourth-order valence-electron chi connectivity index (χ4n) is 13.7. The molecule has 1 spiro atoms. The molecule has 0 bridgehead atoms. The summed E-state index contributed by atoms with van der Waals surface area (Å²) >= 11 is 0. The second-order valence-electron chi connectivity index (χ2n) is 24.0. The van der Waals surface area contributed by atoms with Crippen molar-refractivity contribution in [1.82, 2.24) is 19.6 Å². The lowest BCUT2D eigenvalue weighted by Gasteiger charge is -2.59. The van der Waals surface area contributed by atoms with Gasteiger partial charge in [0.2, 0.25) is 5.88 Å². The molecule has 7 aliphatic rings. The molecule has 2 aromatic heterocycles. The molecular weight excluding hydrogens is 1010 g/mol. The van der Waals surface area contributed by atoms with Crippen LogP contribution in [0.15, 0.2) is 77.8 Å². The van der Waals surface area contributed by atoms with E-state index in [9.17, 15) is 33.5 Å². The van der Waals surface area contributed by atoms with Gasteiger partial charge in [-0.25, -0.2) is 17.5 Å². The second-order valence-corrected chi connectivity index (χ2v) is 25.7. The van der Waals surface area contributed by atoms with E-state index in [1.807, 2.05) is 36.1 Å². The van der Waals surface area contributed by atoms with Crippen LogP contribution in [0.4, 0.5) is 32.8 Å². The third kappa shape index (κ3) is 9.54. The van der Waals surface area contributed by atoms with Crippen LogP contribution >= 0.6 is 0 Å². The highest BCUT2D eigenvalue weighted by molar-refractivity contribution is 7.90. The summed E-state index contributed by atoms with van der Waals surface area (Å²) in [5.41, 5.74) is 0.986. The number of aromatic amines is 1. The maximum absolute atomic E-state index is 16.4. The Balaban J connectivity index is 0.835. The largest absolute Gasteiger partial charge is 0.489 e. The lowest BCUT2D eigenvalue weighted by atomic mass is 9.59. The lowest BCUT2D eigenvalue weighted by molar-refractivity contribution is -0.384. The molecule has 0 radical (unpaired) electrons. The van der Waals surface area contributed by atoms with Crippen LogP contribution in [0, 0.1) is 15.5 Å². The van der Waals surface area contributed by atoms with Crippen molar-refractivity contribution in [1.29, 1.82) is 0 Å². The molecule has 5 atom stereocenters. The summed E-state index contributed by atoms with van der Waals surface area (Å²) in [6.45, 7) is 10.7. The highest BCUT2D eigenvalue weighted by Gasteiger charge is 2.52. The summed E-state index contributed by atoms with van der Waals surface area (Å²) in [5.74, 6) is -0.415. The van der Waals surface area contributed by atoms with Crippen molar-refractivity contribution in [3.8, 4) is 11.6 Å². The fourth-order valence-corrected chi connectivity index (χ4v) is 14.7. The van der Waals surface area contributed by atoms with Crippen molar-refractivity contribution in [2.45, 2.75) is 156 Å². The highest BCUT2D eigenvalue weighted by atomic mass is 32.2. The van der Waals surface area contributed by atoms with Crippen LogP contribution in [0.1, 0.15) is 132 Å². The number of H-pyrrole nitrogens is 1. The molecule has 3 saturated heterocycles. The van der Waals surface area contributed by atoms with Crippen molar-refractivity contribution in [2.75, 3.05) is 54.6 Å². The van der Waals surface area contributed by atoms with E-state index in [2.05, 4.69) is 62.9 Å². The number of hydrogen-bond acceptors (Lipinski definition) is 15. The van der Waals surface area contributed by atoms with Crippen LogP contribution in [0.3, 0.4) is 0 Å². The minimum absolute atomic E-state index is 0.00385. The van der Waals surface area contributed by atoms with Crippen LogP contribution in [0.5, 0.6) is 11.6 Å². The number of carbonyl (C=O) groups is 1. The van der Waals surface area contributed by atoms with Gasteiger partial charge in [-0.1, -0.05) is 38.1 Å². The minimum Gasteiger partial charge on any atom is -0.489 e. The molecule has 5 N–H and O–H groups in total. The van der Waals surface area contributed by atoms with Crippen molar-refractivity contribution < 1.29 is 46.9 Å². The van der Waals surface area contributed by atoms with Crippen LogP contribution in [0.2, 0.25) is 0 Å². The quantitative estimate of drug-likeness (QED) is 0.0650. The zero-order chi connectivity index (χ0) is 53.8. The number of amides is 1. The van der Waals surface area contributed by atoms with E-state index in [1.54, 1.807) is 19.2 Å². The van der Waals surface area contributed by atoms with Crippen molar-refractivity contribution in [3.63, 3.8) is 0 Å². The van der Waals surface area contributed by atoms with Gasteiger partial charge in [-0.05, 0) is 137 Å². The van der Waals surface area contributed by atoms with Gasteiger partial charge in [0.15, 0.2) is 11.4 Å². The molecule has 0 unspecified atom stereocenters. The number of aliphatic hydroxyl groups is 2. The Morgan fingerprint density at radius 3 is 2.45 bits per heavy atom. The summed E-state index contributed by atoms with van der Waals surface area (Å²) in [4.78, 5) is 41.1. The number of sulfonamides is 1. The average Bonchev–Trinajstić information content (AvgIpc) is 3.97. The Hall–Kier alpha value is -6.06. The van der Waals surface area contributed by atoms with E-state index in [-0.39, 0.29) is 73.4 Å². The van der Waals surface area contributed by atoms with E-state index in [4.69, 9.17) is 19.2 Å². The van der Waals surface area contributed by atoms with E-state index >= 15 is 4.39 Å². The molecule has 12 rings (SSSR count). The number of nitro benzene ring substituents is 1. The van der Waals surface area contributed by atoms with E-state index in [0.717, 1.165) is 74.8 Å². The third-order valence-corrected chi connectivity index (χ3v) is 19.5. The Morgan fingerprint density at radius 2 is 1.70 bits per heavy atom. The number of rotatable bonds is 10. The van der Waals surface area contributed by atoms with E-state index in [0.29, 0.717) is 54.4 Å². The molecule has 2 aliphatic carbocycles. The molecule has 5 aromatic rings. The number of nitro groups is 1. The van der Waals surface area contributed by atoms with Gasteiger partial charge in [0.25, 0.3) is 21.6 Å². The average molecular weight is 1080 g/mol. The zero-order valence-corrected chi connectivity index (χ0v) is 44.9. The number of β-amino-alcohol motifs (C(OH)–C–C–N with tert-alkyl or cyclic N) is 1. The van der Waals surface area contributed by atoms with Crippen LogP contribution in [-0.2, 0) is 14.8 Å². The predicted octanol–water partition coefficient (Wildman–Crippen LogP) is 8.94. The number of anilines is 4. The molecule has 5 aliphatic heterocycles. The van der Waals surface area contributed by atoms with Crippen molar-refractivity contribution in [2.24, 2.45) is 5.41 Å². The lowest BCUT2D eigenvalue weighted by Crippen LogP contribution is -2.60. The Bertz CT molecular complexity index is 3230. The normalized spacial score (nSPS) is 29.4. The summed E-state index contributed by atoms with van der Waals surface area (Å²) in [7, 11) is -4.81. The fraction of sp³-hybridized carbons (Fsp3) is 0.544. The number of halogens is 1. The molecule has 18 nitrogen and oxygen atoms in total. The number of nitrogens with one attached hydrogen (secondary N) is 3. The van der Waals surface area contributed by atoms with Gasteiger partial charge in [-0.2, -0.15) is 4.98 Å². The number of pyridine rings is 1. The number of carbonyl (C=O) groups excluding carboxylic acids is 1. The molecule has 20 heteroatoms. The standard InChI is InChI=1S/C57H69FN8O10S/c1-34(2)39-7-5-6-8-40(39)42-11-14-55(4,69)33-64(42)37-29-56(30-37)19-22-63(23-20-56)36-9-10-41(44(26-36)65-43-13-24-74-31-48(43)76-53-46(65)25-35-12-21-59-51(35)61-53)52(67)62-77(72,73)38-27-45(66(70)71)50-47(28-38)75-32-49(60-50)57(58)17-15-54(3,68)16-18-57/h5-10,12,21,25-28,34,37,42-43,48-49,60,68-69H,11,13-20,22-24,29-33H2,1-4H3,(H,59,61)(H,62,67)/t42-,43-,48-,49+,54?,55-,57?/m0/s1. The number of nitrogens with zero attached hydrogens (tertiary/aromatic N) is 5. The summed E-state index contributed by atoms with van der Waals surface area (Å²) in [5, 5.41) is 38.2. The Labute approximate surface area is 447 Å². The molecule has 410 valence electrons. The van der Waals surface area contributed by atoms with Crippen LogP contribution in [0.25, 0.3) is 11.0 Å². The van der Waals surface area contributed by atoms with Crippen LogP contribution < -0.4 is 29.3 Å². The third-order valence-electron chi connectivity index (χ3n) is 18.2. The summed E-state index contributed by atoms with van der Waals surface area (Å²) < 4.78 is 65.8. The van der Waals surface area contributed by atoms with Crippen LogP contribution in [-0.4, -0.2) is 125 Å². The monoisotopic (exact) mass is 1080 g/mol. The number of likely N-dealkylation sites (tertiary alicyclic amines) is 1. The highest BCUT2D eigenvalue weighted by Crippen LogP contribution is 2.55. The predicted molar refractivity (Wildman–Crippen MR) is 289 cm³/mol. The Kier molecular flexibility index (Phi) is 12.8. The van der Waals surface area contributed by atoms with Crippen molar-refractivity contribution in [3.05, 3.63) is 99.7 Å². The van der Waals surface area contributed by atoms with E-state index < -0.39 is 60.5 Å². The zero-order valence-electron chi connectivity index (χ0n) is 44.1. The SMILES string of the molecule is CC(C)c1ccccc1[C@@H]1CC[C@](C)(O)CN1C1CC2(CCN(c3ccc(C(=O)NS(=O)(=O)c4cc5c(c([N+](=O)[O-])c4)N[C@@H](C4(F)CCC(C)(O)CC4)CO5)c(N4c5cc6cc[nH]c6nc5O[C@H]5COCC[C@@H]54)c3)CC2)C1. The molecule has 1 amide bonds. The van der Waals surface area contributed by atoms with Gasteiger partial charge < -0.3 is 44.5 Å². The smallest absolute Gasteiger partial charge is 0.297 e. The van der Waals surface area contributed by atoms with Gasteiger partial charge in [0.1, 0.15) is 29.7 Å². The molecule has 7 heterocycles. The van der Waals surface area contributed by atoms with Gasteiger partial charge in [-0.15, -0.1) is 0 Å².